The Morgan fingerprint density at radius 2 is 2.37 bits per heavy atom. The second kappa shape index (κ2) is 4.85. The molecule has 0 bridgehead atoms. The lowest BCUT2D eigenvalue weighted by Gasteiger charge is -2.20. The molecule has 0 unspecified atom stereocenters. The normalized spacial score (nSPS) is 13.9. The summed E-state index contributed by atoms with van der Waals surface area (Å²) in [6.45, 7) is 3.52. The van der Waals surface area contributed by atoms with Gasteiger partial charge in [0.15, 0.2) is 5.69 Å². The van der Waals surface area contributed by atoms with Crippen LogP contribution in [-0.4, -0.2) is 17.6 Å². The average molecular weight is 257 g/mol. The number of carbonyl (C=O) groups is 1. The highest BCUT2D eigenvalue weighted by Crippen LogP contribution is 2.23. The van der Waals surface area contributed by atoms with Gasteiger partial charge in [-0.15, -0.1) is 0 Å². The van der Waals surface area contributed by atoms with Crippen molar-refractivity contribution in [2.24, 2.45) is 0 Å². The first-order valence-corrected chi connectivity index (χ1v) is 6.30. The molecule has 0 aliphatic carbocycles. The predicted octanol–water partition coefficient (Wildman–Crippen LogP) is 1.88. The lowest BCUT2D eigenvalue weighted by atomic mass is 9.99. The minimum absolute atomic E-state index is 0.240. The topological polar surface area (TPSA) is 67.2 Å². The van der Waals surface area contributed by atoms with Gasteiger partial charge in [-0.3, -0.25) is 4.79 Å². The maximum atomic E-state index is 12.1. The van der Waals surface area contributed by atoms with E-state index in [2.05, 4.69) is 21.9 Å². The molecule has 0 spiro atoms. The van der Waals surface area contributed by atoms with Crippen molar-refractivity contribution in [3.63, 3.8) is 0 Å². The number of rotatable bonds is 2. The molecular formula is C14H15N3O2. The smallest absolute Gasteiger partial charge is 0.277 e. The van der Waals surface area contributed by atoms with Crippen molar-refractivity contribution in [1.82, 2.24) is 10.5 Å². The third-order valence-corrected chi connectivity index (χ3v) is 3.25. The number of benzene rings is 1. The van der Waals surface area contributed by atoms with Gasteiger partial charge in [0.05, 0.1) is 0 Å². The van der Waals surface area contributed by atoms with Crippen molar-refractivity contribution < 1.29 is 9.32 Å². The van der Waals surface area contributed by atoms with Crippen LogP contribution in [0.5, 0.6) is 0 Å². The molecule has 0 saturated carbocycles. The molecule has 2 N–H and O–H groups in total. The fourth-order valence-corrected chi connectivity index (χ4v) is 2.29. The van der Waals surface area contributed by atoms with Gasteiger partial charge in [-0.25, -0.2) is 0 Å². The number of hydrogen-bond acceptors (Lipinski definition) is 4. The molecule has 1 aliphatic heterocycles. The van der Waals surface area contributed by atoms with E-state index in [0.29, 0.717) is 11.5 Å². The van der Waals surface area contributed by atoms with E-state index < -0.39 is 0 Å². The molecule has 0 fully saturated rings. The van der Waals surface area contributed by atoms with Crippen LogP contribution in [0.4, 0.5) is 5.69 Å². The summed E-state index contributed by atoms with van der Waals surface area (Å²) >= 11 is 0. The van der Waals surface area contributed by atoms with Crippen LogP contribution in [-0.2, 0) is 13.0 Å². The molecule has 5 nitrogen and oxygen atoms in total. The van der Waals surface area contributed by atoms with Gasteiger partial charge in [0, 0.05) is 18.3 Å². The van der Waals surface area contributed by atoms with Crippen molar-refractivity contribution in [3.05, 3.63) is 46.8 Å². The van der Waals surface area contributed by atoms with E-state index in [1.54, 1.807) is 13.0 Å². The van der Waals surface area contributed by atoms with Gasteiger partial charge in [0.2, 0.25) is 0 Å². The van der Waals surface area contributed by atoms with Crippen LogP contribution >= 0.6 is 0 Å². The van der Waals surface area contributed by atoms with Crippen molar-refractivity contribution in [1.29, 1.82) is 0 Å². The van der Waals surface area contributed by atoms with Crippen LogP contribution in [0.3, 0.4) is 0 Å². The summed E-state index contributed by atoms with van der Waals surface area (Å²) in [6, 6.07) is 7.61. The molecule has 2 aromatic rings. The maximum Gasteiger partial charge on any atom is 0.277 e. The van der Waals surface area contributed by atoms with Crippen LogP contribution < -0.4 is 10.6 Å². The summed E-state index contributed by atoms with van der Waals surface area (Å²) in [5, 5.41) is 9.93. The number of hydrogen-bond donors (Lipinski definition) is 2. The van der Waals surface area contributed by atoms with Gasteiger partial charge in [-0.2, -0.15) is 0 Å². The third-order valence-electron chi connectivity index (χ3n) is 3.25. The Hall–Kier alpha value is -2.14. The van der Waals surface area contributed by atoms with E-state index >= 15 is 0 Å². The molecule has 3 rings (SSSR count). The zero-order valence-corrected chi connectivity index (χ0v) is 10.7. The van der Waals surface area contributed by atoms with E-state index in [-0.39, 0.29) is 5.91 Å². The highest BCUT2D eigenvalue weighted by molar-refractivity contribution is 6.03. The Morgan fingerprint density at radius 1 is 1.47 bits per heavy atom. The molecular weight excluding hydrogens is 242 g/mol. The van der Waals surface area contributed by atoms with Gasteiger partial charge in [-0.1, -0.05) is 17.3 Å². The summed E-state index contributed by atoms with van der Waals surface area (Å²) < 4.78 is 4.91. The van der Waals surface area contributed by atoms with Crippen LogP contribution in [0, 0.1) is 6.92 Å². The highest BCUT2D eigenvalue weighted by Gasteiger charge is 2.16. The van der Waals surface area contributed by atoms with Crippen LogP contribution in [0.1, 0.15) is 27.4 Å². The molecule has 1 amide bonds. The summed E-state index contributed by atoms with van der Waals surface area (Å²) in [7, 11) is 0. The Morgan fingerprint density at radius 3 is 3.16 bits per heavy atom. The predicted molar refractivity (Wildman–Crippen MR) is 71.0 cm³/mol. The number of amides is 1. The van der Waals surface area contributed by atoms with E-state index in [9.17, 15) is 4.79 Å². The van der Waals surface area contributed by atoms with Crippen molar-refractivity contribution in [2.45, 2.75) is 19.9 Å². The molecule has 1 aliphatic rings. The molecule has 98 valence electrons. The highest BCUT2D eigenvalue weighted by atomic mass is 16.5. The zero-order valence-electron chi connectivity index (χ0n) is 10.7. The fourth-order valence-electron chi connectivity index (χ4n) is 2.29. The number of nitrogens with zero attached hydrogens (tertiary/aromatic N) is 1. The number of carbonyl (C=O) groups excluding carboxylic acids is 1. The first kappa shape index (κ1) is 11.9. The van der Waals surface area contributed by atoms with Crippen molar-refractivity contribution in [3.8, 4) is 0 Å². The van der Waals surface area contributed by atoms with E-state index in [4.69, 9.17) is 4.52 Å². The first-order chi connectivity index (χ1) is 9.24. The summed E-state index contributed by atoms with van der Waals surface area (Å²) in [5.41, 5.74) is 3.59. The minimum atomic E-state index is -0.240. The standard InChI is InChI=1S/C14H15N3O2/c1-9-7-13(17-19-9)14(18)16-12-4-2-3-10-5-6-15-8-11(10)12/h2-4,7,15H,5-6,8H2,1H3,(H,16,18). The Bertz CT molecular complexity index is 619. The number of fused-ring (bicyclic) bond motifs is 1. The largest absolute Gasteiger partial charge is 0.361 e. The van der Waals surface area contributed by atoms with Gasteiger partial charge >= 0.3 is 0 Å². The van der Waals surface area contributed by atoms with E-state index in [1.807, 2.05) is 12.1 Å². The number of nitrogens with one attached hydrogen (secondary N) is 2. The molecule has 19 heavy (non-hydrogen) atoms. The Labute approximate surface area is 111 Å². The first-order valence-electron chi connectivity index (χ1n) is 6.30. The Kier molecular flexibility index (Phi) is 3.05. The van der Waals surface area contributed by atoms with Gasteiger partial charge in [0.1, 0.15) is 5.76 Å². The average Bonchev–Trinajstić information content (AvgIpc) is 2.86. The van der Waals surface area contributed by atoms with Gasteiger partial charge in [-0.05, 0) is 37.1 Å². The lowest BCUT2D eigenvalue weighted by Crippen LogP contribution is -2.25. The number of anilines is 1. The quantitative estimate of drug-likeness (QED) is 0.862. The van der Waals surface area contributed by atoms with Crippen LogP contribution in [0.15, 0.2) is 28.8 Å². The maximum absolute atomic E-state index is 12.1. The molecule has 5 heteroatoms. The van der Waals surface area contributed by atoms with Gasteiger partial charge in [0.25, 0.3) is 5.91 Å². The summed E-state index contributed by atoms with van der Waals surface area (Å²) in [4.78, 5) is 12.1. The molecule has 1 aromatic carbocycles. The Balaban J connectivity index is 1.85. The molecule has 0 saturated heterocycles. The fraction of sp³-hybridized carbons (Fsp3) is 0.286. The SMILES string of the molecule is Cc1cc(C(=O)Nc2cccc3c2CNCC3)no1. The second-order valence-corrected chi connectivity index (χ2v) is 4.65. The van der Waals surface area contributed by atoms with Crippen LogP contribution in [0.25, 0.3) is 0 Å². The van der Waals surface area contributed by atoms with Gasteiger partial charge < -0.3 is 15.2 Å². The van der Waals surface area contributed by atoms with Crippen LogP contribution in [0.2, 0.25) is 0 Å². The minimum Gasteiger partial charge on any atom is -0.361 e. The third kappa shape index (κ3) is 2.37. The monoisotopic (exact) mass is 257 g/mol. The molecule has 0 radical (unpaired) electrons. The van der Waals surface area contributed by atoms with Crippen molar-refractivity contribution in [2.75, 3.05) is 11.9 Å². The summed E-state index contributed by atoms with van der Waals surface area (Å²) in [5.74, 6) is 0.387. The molecule has 1 aromatic heterocycles. The van der Waals surface area contributed by atoms with E-state index in [0.717, 1.165) is 30.8 Å². The van der Waals surface area contributed by atoms with Crippen molar-refractivity contribution >= 4 is 11.6 Å². The summed E-state index contributed by atoms with van der Waals surface area (Å²) in [6.07, 6.45) is 0.988. The molecule has 0 atom stereocenters. The zero-order chi connectivity index (χ0) is 13.2. The number of aryl methyl sites for hydroxylation is 1. The molecule has 2 heterocycles. The second-order valence-electron chi connectivity index (χ2n) is 4.65. The number of aromatic nitrogens is 1. The lowest BCUT2D eigenvalue weighted by molar-refractivity contribution is 0.101. The van der Waals surface area contributed by atoms with E-state index in [1.165, 1.54) is 5.56 Å².